The summed E-state index contributed by atoms with van der Waals surface area (Å²) in [6.45, 7) is 1.76. The highest BCUT2D eigenvalue weighted by Gasteiger charge is 2.01. The van der Waals surface area contributed by atoms with E-state index in [1.165, 1.54) is 5.56 Å². The number of methoxy groups -OCH3 is 1. The molecule has 0 saturated carbocycles. The van der Waals surface area contributed by atoms with Crippen LogP contribution in [0.5, 0.6) is 5.75 Å². The molecule has 1 heterocycles. The highest BCUT2D eigenvalue weighted by atomic mass is 35.5. The Morgan fingerprint density at radius 1 is 1.30 bits per heavy atom. The Morgan fingerprint density at radius 3 is 2.65 bits per heavy atom. The summed E-state index contributed by atoms with van der Waals surface area (Å²) < 4.78 is 6.79. The number of aryl methyl sites for hydroxylation is 1. The van der Waals surface area contributed by atoms with Crippen molar-refractivity contribution in [3.63, 3.8) is 0 Å². The second kappa shape index (κ2) is 8.78. The molecule has 1 N–H and O–H groups in total. The Balaban J connectivity index is 0.00000200. The molecule has 8 heteroatoms. The SMILES string of the molecule is COc1ccc(CNCCSc2nnnn2C)cc1.Cl. The molecule has 6 nitrogen and oxygen atoms in total. The Kier molecular flexibility index (Phi) is 7.35. The van der Waals surface area contributed by atoms with E-state index >= 15 is 0 Å². The summed E-state index contributed by atoms with van der Waals surface area (Å²) in [5, 5.41) is 15.5. The Hall–Kier alpha value is -1.31. The third-order valence-electron chi connectivity index (χ3n) is 2.58. The molecular weight excluding hydrogens is 298 g/mol. The van der Waals surface area contributed by atoms with Crippen molar-refractivity contribution in [2.45, 2.75) is 11.7 Å². The van der Waals surface area contributed by atoms with E-state index in [2.05, 4.69) is 33.0 Å². The molecule has 20 heavy (non-hydrogen) atoms. The number of halogens is 1. The van der Waals surface area contributed by atoms with Crippen LogP contribution in [0.1, 0.15) is 5.56 Å². The molecule has 2 rings (SSSR count). The smallest absolute Gasteiger partial charge is 0.209 e. The molecule has 0 spiro atoms. The number of aromatic nitrogens is 4. The summed E-state index contributed by atoms with van der Waals surface area (Å²) in [5.74, 6) is 1.82. The minimum absolute atomic E-state index is 0. The van der Waals surface area contributed by atoms with Crippen molar-refractivity contribution >= 4 is 24.2 Å². The maximum absolute atomic E-state index is 5.12. The van der Waals surface area contributed by atoms with Gasteiger partial charge in [-0.1, -0.05) is 23.9 Å². The van der Waals surface area contributed by atoms with Crippen molar-refractivity contribution in [3.8, 4) is 5.75 Å². The average Bonchev–Trinajstić information content (AvgIpc) is 2.85. The van der Waals surface area contributed by atoms with E-state index < -0.39 is 0 Å². The van der Waals surface area contributed by atoms with Gasteiger partial charge in [0.2, 0.25) is 5.16 Å². The minimum Gasteiger partial charge on any atom is -0.497 e. The number of nitrogens with one attached hydrogen (secondary N) is 1. The van der Waals surface area contributed by atoms with Crippen LogP contribution in [0, 0.1) is 0 Å². The van der Waals surface area contributed by atoms with Gasteiger partial charge in [-0.3, -0.25) is 0 Å². The molecule has 0 aliphatic heterocycles. The Morgan fingerprint density at radius 2 is 2.05 bits per heavy atom. The molecule has 110 valence electrons. The van der Waals surface area contributed by atoms with Gasteiger partial charge >= 0.3 is 0 Å². The molecule has 0 aliphatic carbocycles. The zero-order valence-corrected chi connectivity index (χ0v) is 13.1. The van der Waals surface area contributed by atoms with Crippen molar-refractivity contribution in [2.24, 2.45) is 7.05 Å². The van der Waals surface area contributed by atoms with Gasteiger partial charge in [0.25, 0.3) is 0 Å². The number of hydrogen-bond donors (Lipinski definition) is 1. The number of nitrogens with zero attached hydrogens (tertiary/aromatic N) is 4. The van der Waals surface area contributed by atoms with Crippen LogP contribution in [0.3, 0.4) is 0 Å². The molecule has 0 saturated heterocycles. The van der Waals surface area contributed by atoms with E-state index in [9.17, 15) is 0 Å². The minimum atomic E-state index is 0. The molecule has 0 unspecified atom stereocenters. The Labute approximate surface area is 128 Å². The number of hydrogen-bond acceptors (Lipinski definition) is 6. The van der Waals surface area contributed by atoms with E-state index in [0.29, 0.717) is 0 Å². The van der Waals surface area contributed by atoms with Gasteiger partial charge in [-0.2, -0.15) is 0 Å². The van der Waals surface area contributed by atoms with Crippen molar-refractivity contribution in [3.05, 3.63) is 29.8 Å². The van der Waals surface area contributed by atoms with Gasteiger partial charge in [0, 0.05) is 25.9 Å². The van der Waals surface area contributed by atoms with Gasteiger partial charge in [-0.05, 0) is 28.1 Å². The summed E-state index contributed by atoms with van der Waals surface area (Å²) >= 11 is 1.64. The van der Waals surface area contributed by atoms with Crippen LogP contribution >= 0.6 is 24.2 Å². The third kappa shape index (κ3) is 4.99. The number of benzene rings is 1. The first-order valence-electron chi connectivity index (χ1n) is 5.98. The number of rotatable bonds is 7. The maximum atomic E-state index is 5.12. The monoisotopic (exact) mass is 315 g/mol. The van der Waals surface area contributed by atoms with E-state index in [-0.39, 0.29) is 12.4 Å². The normalized spacial score (nSPS) is 10.1. The molecule has 1 aromatic heterocycles. The second-order valence-electron chi connectivity index (χ2n) is 3.96. The molecule has 0 aliphatic rings. The predicted octanol–water partition coefficient (Wildman–Crippen LogP) is 1.52. The first kappa shape index (κ1) is 16.7. The molecule has 0 radical (unpaired) electrons. The van der Waals surface area contributed by atoms with Gasteiger partial charge in [0.05, 0.1) is 7.11 Å². The van der Waals surface area contributed by atoms with Crippen LogP contribution in [0.15, 0.2) is 29.4 Å². The lowest BCUT2D eigenvalue weighted by molar-refractivity contribution is 0.414. The Bertz CT molecular complexity index is 505. The first-order chi connectivity index (χ1) is 9.29. The lowest BCUT2D eigenvalue weighted by Crippen LogP contribution is -2.16. The van der Waals surface area contributed by atoms with Gasteiger partial charge in [-0.25, -0.2) is 4.68 Å². The third-order valence-corrected chi connectivity index (χ3v) is 3.59. The molecule has 0 fully saturated rings. The fraction of sp³-hybridized carbons (Fsp3) is 0.417. The van der Waals surface area contributed by atoms with Gasteiger partial charge in [0.1, 0.15) is 5.75 Å². The summed E-state index contributed by atoms with van der Waals surface area (Å²) in [4.78, 5) is 0. The van der Waals surface area contributed by atoms with Crippen LogP contribution in [-0.2, 0) is 13.6 Å². The van der Waals surface area contributed by atoms with Crippen molar-refractivity contribution in [1.29, 1.82) is 0 Å². The van der Waals surface area contributed by atoms with E-state index in [1.807, 2.05) is 19.2 Å². The fourth-order valence-electron chi connectivity index (χ4n) is 1.53. The lowest BCUT2D eigenvalue weighted by atomic mass is 10.2. The van der Waals surface area contributed by atoms with Crippen LogP contribution in [0.25, 0.3) is 0 Å². The van der Waals surface area contributed by atoms with Crippen LogP contribution < -0.4 is 10.1 Å². The highest BCUT2D eigenvalue weighted by molar-refractivity contribution is 7.99. The number of thioether (sulfide) groups is 1. The van der Waals surface area contributed by atoms with Crippen LogP contribution in [-0.4, -0.2) is 39.6 Å². The van der Waals surface area contributed by atoms with Crippen LogP contribution in [0.2, 0.25) is 0 Å². The van der Waals surface area contributed by atoms with Gasteiger partial charge < -0.3 is 10.1 Å². The van der Waals surface area contributed by atoms with E-state index in [4.69, 9.17) is 4.74 Å². The van der Waals surface area contributed by atoms with Crippen molar-refractivity contribution < 1.29 is 4.74 Å². The number of ether oxygens (including phenoxy) is 1. The van der Waals surface area contributed by atoms with Crippen LogP contribution in [0.4, 0.5) is 0 Å². The zero-order chi connectivity index (χ0) is 13.5. The lowest BCUT2D eigenvalue weighted by Gasteiger charge is -2.05. The average molecular weight is 316 g/mol. The predicted molar refractivity (Wildman–Crippen MR) is 81.5 cm³/mol. The molecule has 0 amide bonds. The number of tetrazole rings is 1. The zero-order valence-electron chi connectivity index (χ0n) is 11.4. The fourth-order valence-corrected chi connectivity index (χ4v) is 2.28. The summed E-state index contributed by atoms with van der Waals surface area (Å²) in [6, 6.07) is 8.06. The van der Waals surface area contributed by atoms with Gasteiger partial charge in [-0.15, -0.1) is 17.5 Å². The van der Waals surface area contributed by atoms with Crippen molar-refractivity contribution in [2.75, 3.05) is 19.4 Å². The molecule has 0 atom stereocenters. The molecule has 1 aromatic carbocycles. The topological polar surface area (TPSA) is 64.9 Å². The first-order valence-corrected chi connectivity index (χ1v) is 6.97. The van der Waals surface area contributed by atoms with Crippen molar-refractivity contribution in [1.82, 2.24) is 25.5 Å². The summed E-state index contributed by atoms with van der Waals surface area (Å²) in [6.07, 6.45) is 0. The van der Waals surface area contributed by atoms with E-state index in [1.54, 1.807) is 23.6 Å². The highest BCUT2D eigenvalue weighted by Crippen LogP contribution is 2.12. The molecule has 0 bridgehead atoms. The van der Waals surface area contributed by atoms with E-state index in [0.717, 1.165) is 29.7 Å². The second-order valence-corrected chi connectivity index (χ2v) is 5.02. The summed E-state index contributed by atoms with van der Waals surface area (Å²) in [5.41, 5.74) is 1.24. The standard InChI is InChI=1S/C12H17N5OS.ClH/c1-17-12(14-15-16-17)19-8-7-13-9-10-3-5-11(18-2)6-4-10;/h3-6,13H,7-9H2,1-2H3;1H. The molecule has 2 aromatic rings. The molecular formula is C12H18ClN5OS. The largest absolute Gasteiger partial charge is 0.497 e. The quantitative estimate of drug-likeness (QED) is 0.617. The van der Waals surface area contributed by atoms with Gasteiger partial charge in [0.15, 0.2) is 0 Å². The summed E-state index contributed by atoms with van der Waals surface area (Å²) in [7, 11) is 3.51. The maximum Gasteiger partial charge on any atom is 0.209 e.